The highest BCUT2D eigenvalue weighted by Crippen LogP contribution is 2.24. The SMILES string of the molecule is CC(C)c1ccc(-n2ccnc2SCC(=O)N2CCCC(C(N)=O)C2)cc1. The van der Waals surface area contributed by atoms with Gasteiger partial charge in [-0.15, -0.1) is 0 Å². The van der Waals surface area contributed by atoms with E-state index in [4.69, 9.17) is 5.73 Å². The van der Waals surface area contributed by atoms with E-state index in [1.165, 1.54) is 17.3 Å². The first-order chi connectivity index (χ1) is 13.0. The topological polar surface area (TPSA) is 81.2 Å². The Labute approximate surface area is 164 Å². The number of rotatable bonds is 6. The number of nitrogens with two attached hydrogens (primary N) is 1. The molecular weight excluding hydrogens is 360 g/mol. The van der Waals surface area contributed by atoms with Crippen molar-refractivity contribution in [1.29, 1.82) is 0 Å². The number of primary amides is 1. The Morgan fingerprint density at radius 3 is 2.70 bits per heavy atom. The quantitative estimate of drug-likeness (QED) is 0.774. The van der Waals surface area contributed by atoms with Crippen LogP contribution in [0, 0.1) is 5.92 Å². The van der Waals surface area contributed by atoms with E-state index in [2.05, 4.69) is 43.1 Å². The zero-order valence-corrected chi connectivity index (χ0v) is 16.6. The third-order valence-electron chi connectivity index (χ3n) is 4.95. The molecule has 0 radical (unpaired) electrons. The van der Waals surface area contributed by atoms with Crippen LogP contribution in [-0.2, 0) is 9.59 Å². The van der Waals surface area contributed by atoms with Gasteiger partial charge >= 0.3 is 0 Å². The highest BCUT2D eigenvalue weighted by Gasteiger charge is 2.27. The fourth-order valence-corrected chi connectivity index (χ4v) is 4.14. The summed E-state index contributed by atoms with van der Waals surface area (Å²) >= 11 is 1.41. The number of benzene rings is 1. The summed E-state index contributed by atoms with van der Waals surface area (Å²) in [5.41, 5.74) is 7.71. The van der Waals surface area contributed by atoms with Crippen molar-refractivity contribution in [3.63, 3.8) is 0 Å². The molecule has 2 heterocycles. The second-order valence-electron chi connectivity index (χ2n) is 7.20. The third kappa shape index (κ3) is 4.71. The summed E-state index contributed by atoms with van der Waals surface area (Å²) in [6, 6.07) is 8.39. The van der Waals surface area contributed by atoms with Crippen molar-refractivity contribution in [2.75, 3.05) is 18.8 Å². The molecule has 0 spiro atoms. The third-order valence-corrected chi connectivity index (χ3v) is 5.90. The molecule has 1 aliphatic rings. The summed E-state index contributed by atoms with van der Waals surface area (Å²) in [4.78, 5) is 30.1. The molecule has 27 heavy (non-hydrogen) atoms. The number of imidazole rings is 1. The lowest BCUT2D eigenvalue weighted by Crippen LogP contribution is -2.44. The van der Waals surface area contributed by atoms with Crippen LogP contribution in [0.3, 0.4) is 0 Å². The number of likely N-dealkylation sites (tertiary alicyclic amines) is 1. The van der Waals surface area contributed by atoms with Crippen molar-refractivity contribution in [2.45, 2.75) is 37.8 Å². The normalized spacial score (nSPS) is 17.3. The van der Waals surface area contributed by atoms with Crippen LogP contribution in [0.4, 0.5) is 0 Å². The standard InChI is InChI=1S/C20H26N4O2S/c1-14(2)15-5-7-17(8-6-15)24-11-9-22-20(24)27-13-18(25)23-10-3-4-16(12-23)19(21)26/h5-9,11,14,16H,3-4,10,12-13H2,1-2H3,(H2,21,26). The summed E-state index contributed by atoms with van der Waals surface area (Å²) in [7, 11) is 0. The monoisotopic (exact) mass is 386 g/mol. The maximum atomic E-state index is 12.5. The van der Waals surface area contributed by atoms with E-state index >= 15 is 0 Å². The Morgan fingerprint density at radius 2 is 2.04 bits per heavy atom. The number of amides is 2. The fourth-order valence-electron chi connectivity index (χ4n) is 3.27. The Morgan fingerprint density at radius 1 is 1.30 bits per heavy atom. The molecule has 1 unspecified atom stereocenters. The average molecular weight is 387 g/mol. The van der Waals surface area contributed by atoms with Gasteiger partial charge in [-0.25, -0.2) is 4.98 Å². The molecule has 144 valence electrons. The number of piperidine rings is 1. The Balaban J connectivity index is 1.63. The number of carbonyl (C=O) groups is 2. The molecule has 1 saturated heterocycles. The van der Waals surface area contributed by atoms with Gasteiger partial charge in [-0.3, -0.25) is 14.2 Å². The largest absolute Gasteiger partial charge is 0.369 e. The first kappa shape index (κ1) is 19.5. The highest BCUT2D eigenvalue weighted by atomic mass is 32.2. The number of hydrogen-bond donors (Lipinski definition) is 1. The maximum absolute atomic E-state index is 12.5. The van der Waals surface area contributed by atoms with E-state index in [1.807, 2.05) is 10.8 Å². The van der Waals surface area contributed by atoms with Crippen molar-refractivity contribution < 1.29 is 9.59 Å². The van der Waals surface area contributed by atoms with Crippen molar-refractivity contribution in [2.24, 2.45) is 11.7 Å². The second-order valence-corrected chi connectivity index (χ2v) is 8.14. The number of aromatic nitrogens is 2. The maximum Gasteiger partial charge on any atom is 0.233 e. The number of thioether (sulfide) groups is 1. The predicted molar refractivity (Wildman–Crippen MR) is 107 cm³/mol. The van der Waals surface area contributed by atoms with E-state index in [-0.39, 0.29) is 17.7 Å². The lowest BCUT2D eigenvalue weighted by molar-refractivity contribution is -0.132. The van der Waals surface area contributed by atoms with E-state index in [0.29, 0.717) is 24.8 Å². The van der Waals surface area contributed by atoms with Crippen molar-refractivity contribution >= 4 is 23.6 Å². The van der Waals surface area contributed by atoms with E-state index in [0.717, 1.165) is 23.7 Å². The summed E-state index contributed by atoms with van der Waals surface area (Å²) in [5.74, 6) is 0.263. The average Bonchev–Trinajstić information content (AvgIpc) is 3.14. The molecule has 3 rings (SSSR count). The molecule has 7 heteroatoms. The minimum absolute atomic E-state index is 0.0238. The smallest absolute Gasteiger partial charge is 0.233 e. The lowest BCUT2D eigenvalue weighted by atomic mass is 9.97. The molecule has 2 aromatic rings. The predicted octanol–water partition coefficient (Wildman–Crippen LogP) is 2.81. The minimum atomic E-state index is -0.319. The first-order valence-corrected chi connectivity index (χ1v) is 10.3. The first-order valence-electron chi connectivity index (χ1n) is 9.29. The Hall–Kier alpha value is -2.28. The second kappa shape index (κ2) is 8.61. The Kier molecular flexibility index (Phi) is 6.21. The fraction of sp³-hybridized carbons (Fsp3) is 0.450. The van der Waals surface area contributed by atoms with Crippen LogP contribution in [0.5, 0.6) is 0 Å². The molecule has 1 fully saturated rings. The van der Waals surface area contributed by atoms with Gasteiger partial charge in [0.05, 0.1) is 11.7 Å². The van der Waals surface area contributed by atoms with E-state index < -0.39 is 0 Å². The molecule has 2 amide bonds. The van der Waals surface area contributed by atoms with Crippen molar-refractivity contribution in [3.8, 4) is 5.69 Å². The molecule has 0 bridgehead atoms. The van der Waals surface area contributed by atoms with Crippen LogP contribution in [0.1, 0.15) is 38.2 Å². The number of nitrogens with zero attached hydrogens (tertiary/aromatic N) is 3. The Bertz CT molecular complexity index is 801. The summed E-state index contributed by atoms with van der Waals surface area (Å²) in [6.45, 7) is 5.46. The van der Waals surface area contributed by atoms with Gasteiger partial charge in [0.15, 0.2) is 5.16 Å². The van der Waals surface area contributed by atoms with Crippen LogP contribution >= 0.6 is 11.8 Å². The van der Waals surface area contributed by atoms with Crippen molar-refractivity contribution in [3.05, 3.63) is 42.2 Å². The van der Waals surface area contributed by atoms with Gasteiger partial charge in [-0.05, 0) is 36.5 Å². The molecule has 2 N–H and O–H groups in total. The van der Waals surface area contributed by atoms with Gasteiger partial charge in [0.25, 0.3) is 0 Å². The molecule has 0 saturated carbocycles. The molecule has 1 aromatic heterocycles. The minimum Gasteiger partial charge on any atom is -0.369 e. The van der Waals surface area contributed by atoms with Crippen LogP contribution in [0.2, 0.25) is 0 Å². The van der Waals surface area contributed by atoms with Crippen molar-refractivity contribution in [1.82, 2.24) is 14.5 Å². The molecule has 1 atom stereocenters. The van der Waals surface area contributed by atoms with Crippen LogP contribution in [0.25, 0.3) is 5.69 Å². The zero-order chi connectivity index (χ0) is 19.4. The lowest BCUT2D eigenvalue weighted by Gasteiger charge is -2.31. The number of carbonyl (C=O) groups excluding carboxylic acids is 2. The van der Waals surface area contributed by atoms with E-state index in [1.54, 1.807) is 11.1 Å². The van der Waals surface area contributed by atoms with Gasteiger partial charge in [0, 0.05) is 31.2 Å². The highest BCUT2D eigenvalue weighted by molar-refractivity contribution is 7.99. The van der Waals surface area contributed by atoms with Gasteiger partial charge in [-0.1, -0.05) is 37.7 Å². The molecule has 1 aromatic carbocycles. The van der Waals surface area contributed by atoms with Gasteiger partial charge in [-0.2, -0.15) is 0 Å². The van der Waals surface area contributed by atoms with Crippen LogP contribution < -0.4 is 5.73 Å². The van der Waals surface area contributed by atoms with Gasteiger partial charge in [0.2, 0.25) is 11.8 Å². The molecular formula is C20H26N4O2S. The zero-order valence-electron chi connectivity index (χ0n) is 15.8. The van der Waals surface area contributed by atoms with Crippen LogP contribution in [-0.4, -0.2) is 45.1 Å². The van der Waals surface area contributed by atoms with Gasteiger partial charge in [0.1, 0.15) is 0 Å². The molecule has 6 nitrogen and oxygen atoms in total. The van der Waals surface area contributed by atoms with Crippen LogP contribution in [0.15, 0.2) is 41.8 Å². The molecule has 1 aliphatic heterocycles. The van der Waals surface area contributed by atoms with E-state index in [9.17, 15) is 9.59 Å². The summed E-state index contributed by atoms with van der Waals surface area (Å²) < 4.78 is 1.99. The number of hydrogen-bond acceptors (Lipinski definition) is 4. The summed E-state index contributed by atoms with van der Waals surface area (Å²) in [6.07, 6.45) is 5.23. The molecule has 0 aliphatic carbocycles. The van der Waals surface area contributed by atoms with Gasteiger partial charge < -0.3 is 10.6 Å². The summed E-state index contributed by atoms with van der Waals surface area (Å²) in [5, 5.41) is 0.782.